The van der Waals surface area contributed by atoms with Gasteiger partial charge >= 0.3 is 11.9 Å². The minimum atomic E-state index is -1.08. The van der Waals surface area contributed by atoms with Gasteiger partial charge in [0, 0.05) is 12.5 Å². The van der Waals surface area contributed by atoms with E-state index in [9.17, 15) is 14.7 Å². The van der Waals surface area contributed by atoms with E-state index in [-0.39, 0.29) is 12.8 Å². The Labute approximate surface area is 161 Å². The monoisotopic (exact) mass is 379 g/mol. The predicted molar refractivity (Wildman–Crippen MR) is 105 cm³/mol. The maximum Gasteiger partial charge on any atom is 0.303 e. The zero-order chi connectivity index (χ0) is 20.4. The summed E-state index contributed by atoms with van der Waals surface area (Å²) >= 11 is 0. The van der Waals surface area contributed by atoms with Gasteiger partial charge in [0.15, 0.2) is 0 Å². The van der Waals surface area contributed by atoms with Crippen LogP contribution in [0.5, 0.6) is 5.75 Å². The first-order valence-corrected chi connectivity index (χ1v) is 9.51. The number of likely N-dealkylation sites (N-methyl/N-ethyl adjacent to an activating group) is 1. The Hall–Kier alpha value is -2.08. The highest BCUT2D eigenvalue weighted by Gasteiger charge is 2.36. The largest absolute Gasteiger partial charge is 0.508 e. The Morgan fingerprint density at radius 2 is 1.48 bits per heavy atom. The number of rotatable bonds is 7. The van der Waals surface area contributed by atoms with Gasteiger partial charge in [-0.3, -0.25) is 9.59 Å². The Morgan fingerprint density at radius 1 is 1.00 bits per heavy atom. The summed E-state index contributed by atoms with van der Waals surface area (Å²) in [4.78, 5) is 21.6. The predicted octanol–water partition coefficient (Wildman–Crippen LogP) is 3.94. The molecule has 0 aliphatic heterocycles. The highest BCUT2D eigenvalue weighted by atomic mass is 16.4. The number of aromatic hydroxyl groups is 1. The van der Waals surface area contributed by atoms with Gasteiger partial charge in [-0.25, -0.2) is 0 Å². The Morgan fingerprint density at radius 3 is 1.89 bits per heavy atom. The van der Waals surface area contributed by atoms with Crippen LogP contribution in [0.15, 0.2) is 24.3 Å². The van der Waals surface area contributed by atoms with E-state index in [0.717, 1.165) is 6.54 Å². The number of carbonyl (C=O) groups is 2. The number of phenolic OH excluding ortho intramolecular Hbond substituents is 1. The van der Waals surface area contributed by atoms with Gasteiger partial charge in [-0.1, -0.05) is 38.3 Å². The van der Waals surface area contributed by atoms with Crippen molar-refractivity contribution in [2.45, 2.75) is 57.8 Å². The van der Waals surface area contributed by atoms with Gasteiger partial charge in [-0.05, 0) is 50.0 Å². The number of hydrogen-bond acceptors (Lipinski definition) is 4. The van der Waals surface area contributed by atoms with E-state index in [1.807, 2.05) is 12.1 Å². The van der Waals surface area contributed by atoms with Crippen molar-refractivity contribution < 1.29 is 24.9 Å². The van der Waals surface area contributed by atoms with E-state index in [1.54, 1.807) is 0 Å². The molecule has 0 saturated heterocycles. The summed E-state index contributed by atoms with van der Waals surface area (Å²) in [5.74, 6) is -1.23. The minimum absolute atomic E-state index is 0.296. The molecular formula is C21H33NO5. The zero-order valence-corrected chi connectivity index (χ0v) is 16.6. The van der Waals surface area contributed by atoms with Gasteiger partial charge in [0.05, 0.1) is 12.8 Å². The summed E-state index contributed by atoms with van der Waals surface area (Å²) in [5.41, 5.74) is 1.77. The highest BCUT2D eigenvalue weighted by Crippen LogP contribution is 2.47. The molecule has 1 atom stereocenters. The first-order chi connectivity index (χ1) is 12.6. The molecule has 1 saturated carbocycles. The Bertz CT molecular complexity index is 577. The maximum absolute atomic E-state index is 9.64. The van der Waals surface area contributed by atoms with Crippen LogP contribution in [0.3, 0.4) is 0 Å². The normalized spacial score (nSPS) is 16.9. The summed E-state index contributed by atoms with van der Waals surface area (Å²) in [5, 5.41) is 25.3. The Balaban J connectivity index is 0.000000387. The molecule has 0 aromatic heterocycles. The van der Waals surface area contributed by atoms with Crippen LogP contribution in [0.4, 0.5) is 0 Å². The molecule has 1 aliphatic carbocycles. The van der Waals surface area contributed by atoms with Gasteiger partial charge in [0.1, 0.15) is 5.75 Å². The van der Waals surface area contributed by atoms with Crippen LogP contribution in [0.1, 0.15) is 63.4 Å². The molecule has 0 radical (unpaired) electrons. The van der Waals surface area contributed by atoms with Gasteiger partial charge in [-0.15, -0.1) is 0 Å². The fourth-order valence-corrected chi connectivity index (χ4v) is 3.72. The van der Waals surface area contributed by atoms with Crippen molar-refractivity contribution in [1.82, 2.24) is 4.90 Å². The van der Waals surface area contributed by atoms with Crippen molar-refractivity contribution in [3.8, 4) is 5.75 Å². The molecule has 27 heavy (non-hydrogen) atoms. The molecule has 0 heterocycles. The van der Waals surface area contributed by atoms with Crippen molar-refractivity contribution in [3.05, 3.63) is 29.8 Å². The molecule has 1 aliphatic rings. The summed E-state index contributed by atoms with van der Waals surface area (Å²) in [6.07, 6.45) is 6.17. The first-order valence-electron chi connectivity index (χ1n) is 9.51. The third-order valence-electron chi connectivity index (χ3n) is 5.23. The molecule has 1 aromatic carbocycles. The molecule has 2 rings (SSSR count). The van der Waals surface area contributed by atoms with Gasteiger partial charge < -0.3 is 20.2 Å². The molecule has 1 fully saturated rings. The summed E-state index contributed by atoms with van der Waals surface area (Å²) in [6, 6.07) is 7.85. The second-order valence-electron chi connectivity index (χ2n) is 7.91. The molecule has 6 nitrogen and oxygen atoms in total. The molecule has 0 spiro atoms. The topological polar surface area (TPSA) is 98.1 Å². The summed E-state index contributed by atoms with van der Waals surface area (Å²) < 4.78 is 0. The van der Waals surface area contributed by atoms with Gasteiger partial charge in [0.25, 0.3) is 0 Å². The fraction of sp³-hybridized carbons (Fsp3) is 0.619. The van der Waals surface area contributed by atoms with Crippen molar-refractivity contribution in [3.63, 3.8) is 0 Å². The van der Waals surface area contributed by atoms with E-state index in [1.165, 1.54) is 37.7 Å². The van der Waals surface area contributed by atoms with Crippen molar-refractivity contribution in [2.24, 2.45) is 5.41 Å². The van der Waals surface area contributed by atoms with E-state index in [4.69, 9.17) is 10.2 Å². The summed E-state index contributed by atoms with van der Waals surface area (Å²) in [7, 11) is 4.30. The number of phenols is 1. The van der Waals surface area contributed by atoms with Crippen LogP contribution in [0.25, 0.3) is 0 Å². The van der Waals surface area contributed by atoms with Crippen LogP contribution in [-0.2, 0) is 9.59 Å². The number of carboxylic acids is 2. The molecule has 0 bridgehead atoms. The number of benzene rings is 1. The lowest BCUT2D eigenvalue weighted by Gasteiger charge is -2.42. The lowest BCUT2D eigenvalue weighted by atomic mass is 9.65. The van der Waals surface area contributed by atoms with Crippen LogP contribution in [0.2, 0.25) is 0 Å². The lowest BCUT2D eigenvalue weighted by molar-refractivity contribution is -0.143. The van der Waals surface area contributed by atoms with E-state index < -0.39 is 11.9 Å². The zero-order valence-electron chi connectivity index (χ0n) is 16.6. The number of carboxylic acid groups (broad SMARTS) is 2. The second-order valence-corrected chi connectivity index (χ2v) is 7.91. The third-order valence-corrected chi connectivity index (χ3v) is 5.23. The Kier molecular flexibility index (Phi) is 9.29. The molecule has 152 valence electrons. The van der Waals surface area contributed by atoms with Gasteiger partial charge in [0.2, 0.25) is 0 Å². The van der Waals surface area contributed by atoms with Crippen molar-refractivity contribution in [1.29, 1.82) is 0 Å². The van der Waals surface area contributed by atoms with Crippen LogP contribution in [0, 0.1) is 5.41 Å². The molecule has 1 unspecified atom stereocenters. The van der Waals surface area contributed by atoms with Gasteiger partial charge in [-0.2, -0.15) is 0 Å². The quantitative estimate of drug-likeness (QED) is 0.664. The number of aliphatic carboxylic acids is 2. The SMILES string of the molecule is CN(C)CC(c1ccc(O)cc1)C1(C)CCCCC1.O=C(O)CCC(=O)O. The molecule has 3 N–H and O–H groups in total. The van der Waals surface area contributed by atoms with Crippen LogP contribution >= 0.6 is 0 Å². The van der Waals surface area contributed by atoms with Crippen LogP contribution < -0.4 is 0 Å². The van der Waals surface area contributed by atoms with Crippen molar-refractivity contribution in [2.75, 3.05) is 20.6 Å². The van der Waals surface area contributed by atoms with Crippen LogP contribution in [-0.4, -0.2) is 52.8 Å². The minimum Gasteiger partial charge on any atom is -0.508 e. The smallest absolute Gasteiger partial charge is 0.303 e. The highest BCUT2D eigenvalue weighted by molar-refractivity contribution is 5.75. The number of nitrogens with zero attached hydrogens (tertiary/aromatic N) is 1. The second kappa shape index (κ2) is 10.9. The lowest BCUT2D eigenvalue weighted by Crippen LogP contribution is -2.35. The van der Waals surface area contributed by atoms with E-state index in [0.29, 0.717) is 17.1 Å². The standard InChI is InChI=1S/C17H27NO.C4H6O4/c1-17(11-5-4-6-12-17)16(13-18(2)3)14-7-9-15(19)10-8-14;5-3(6)1-2-4(7)8/h7-10,16,19H,4-6,11-13H2,1-3H3;1-2H2,(H,5,6)(H,7,8). The molecule has 0 amide bonds. The van der Waals surface area contributed by atoms with E-state index in [2.05, 4.69) is 38.1 Å². The maximum atomic E-state index is 9.64. The van der Waals surface area contributed by atoms with E-state index >= 15 is 0 Å². The average Bonchev–Trinajstić information content (AvgIpc) is 2.60. The molecule has 6 heteroatoms. The molecule has 1 aromatic rings. The average molecular weight is 379 g/mol. The fourth-order valence-electron chi connectivity index (χ4n) is 3.72. The molecular weight excluding hydrogens is 346 g/mol. The summed E-state index contributed by atoms with van der Waals surface area (Å²) in [6.45, 7) is 3.54. The number of hydrogen-bond donors (Lipinski definition) is 3. The first kappa shape index (κ1) is 23.0. The van der Waals surface area contributed by atoms with Crippen molar-refractivity contribution >= 4 is 11.9 Å². The third kappa shape index (κ3) is 8.43.